The molecule has 8 heteroatoms. The maximum absolute atomic E-state index is 12.7. The summed E-state index contributed by atoms with van der Waals surface area (Å²) in [6.07, 6.45) is 1.75. The number of sulfone groups is 1. The summed E-state index contributed by atoms with van der Waals surface area (Å²) in [6, 6.07) is 7.54. The lowest BCUT2D eigenvalue weighted by Crippen LogP contribution is -2.16. The third-order valence-corrected chi connectivity index (χ3v) is 5.86. The number of carbonyl (C=O) groups excluding carboxylic acids is 1. The number of amides is 1. The Labute approximate surface area is 151 Å². The number of nitrogens with one attached hydrogen (secondary N) is 1. The molecule has 1 amide bonds. The normalized spacial score (nSPS) is 11.7. The average molecular weight is 373 g/mol. The fourth-order valence-electron chi connectivity index (χ4n) is 2.69. The largest absolute Gasteiger partial charge is 0.506 e. The van der Waals surface area contributed by atoms with Gasteiger partial charge < -0.3 is 10.4 Å². The average Bonchev–Trinajstić information content (AvgIpc) is 2.91. The molecule has 0 aliphatic heterocycles. The summed E-state index contributed by atoms with van der Waals surface area (Å²) in [5.74, 6) is -0.771. The topological polar surface area (TPSA) is 101 Å². The van der Waals surface area contributed by atoms with Crippen molar-refractivity contribution in [2.75, 3.05) is 11.1 Å². The molecule has 7 nitrogen and oxygen atoms in total. The van der Waals surface area contributed by atoms with Crippen LogP contribution >= 0.6 is 0 Å². The smallest absolute Gasteiger partial charge is 0.274 e. The number of rotatable bonds is 4. The SMILES string of the molecule is CCS(=O)(=O)c1ccc(O)c(NC(=O)c2c(C)nc3cc(C)ccn23)c1. The minimum absolute atomic E-state index is 0.0333. The number of aryl methyl sites for hydroxylation is 2. The van der Waals surface area contributed by atoms with Crippen LogP contribution in [-0.2, 0) is 9.84 Å². The van der Waals surface area contributed by atoms with Gasteiger partial charge in [-0.25, -0.2) is 13.4 Å². The van der Waals surface area contributed by atoms with Crippen LogP contribution in [0, 0.1) is 13.8 Å². The van der Waals surface area contributed by atoms with Gasteiger partial charge in [0.15, 0.2) is 9.84 Å². The first kappa shape index (κ1) is 17.9. The summed E-state index contributed by atoms with van der Waals surface area (Å²) in [5.41, 5.74) is 2.54. The first-order valence-electron chi connectivity index (χ1n) is 8.05. The van der Waals surface area contributed by atoms with Crippen molar-refractivity contribution < 1.29 is 18.3 Å². The summed E-state index contributed by atoms with van der Waals surface area (Å²) in [7, 11) is -3.45. The van der Waals surface area contributed by atoms with Gasteiger partial charge in [-0.1, -0.05) is 6.92 Å². The summed E-state index contributed by atoms with van der Waals surface area (Å²) in [4.78, 5) is 17.2. The zero-order valence-corrected chi connectivity index (χ0v) is 15.5. The number of pyridine rings is 1. The lowest BCUT2D eigenvalue weighted by molar-refractivity contribution is 0.102. The second-order valence-corrected chi connectivity index (χ2v) is 8.29. The molecule has 3 aromatic rings. The van der Waals surface area contributed by atoms with Crippen molar-refractivity contribution in [3.8, 4) is 5.75 Å². The van der Waals surface area contributed by atoms with E-state index in [0.29, 0.717) is 17.0 Å². The number of imidazole rings is 1. The molecule has 0 saturated heterocycles. The Hall–Kier alpha value is -2.87. The van der Waals surface area contributed by atoms with Crippen LogP contribution in [-0.4, -0.2) is 34.6 Å². The van der Waals surface area contributed by atoms with Crippen LogP contribution in [0.25, 0.3) is 5.65 Å². The van der Waals surface area contributed by atoms with Crippen LogP contribution in [0.3, 0.4) is 0 Å². The molecule has 0 aliphatic carbocycles. The fraction of sp³-hybridized carbons (Fsp3) is 0.222. The van der Waals surface area contributed by atoms with Gasteiger partial charge in [-0.15, -0.1) is 0 Å². The number of fused-ring (bicyclic) bond motifs is 1. The molecule has 0 fully saturated rings. The van der Waals surface area contributed by atoms with Crippen molar-refractivity contribution in [3.05, 3.63) is 53.5 Å². The van der Waals surface area contributed by atoms with Crippen molar-refractivity contribution >= 4 is 27.1 Å². The number of aromatic hydroxyl groups is 1. The molecule has 0 unspecified atom stereocenters. The molecule has 2 heterocycles. The van der Waals surface area contributed by atoms with E-state index >= 15 is 0 Å². The van der Waals surface area contributed by atoms with Gasteiger partial charge in [0.2, 0.25) is 0 Å². The molecule has 26 heavy (non-hydrogen) atoms. The molecule has 3 rings (SSSR count). The minimum Gasteiger partial charge on any atom is -0.506 e. The van der Waals surface area contributed by atoms with Crippen molar-refractivity contribution in [3.63, 3.8) is 0 Å². The molecule has 0 atom stereocenters. The predicted octanol–water partition coefficient (Wildman–Crippen LogP) is 2.70. The molecular formula is C18H19N3O4S. The quantitative estimate of drug-likeness (QED) is 0.685. The maximum Gasteiger partial charge on any atom is 0.274 e. The fourth-order valence-corrected chi connectivity index (χ4v) is 3.60. The van der Waals surface area contributed by atoms with Crippen LogP contribution in [0.4, 0.5) is 5.69 Å². The minimum atomic E-state index is -3.45. The predicted molar refractivity (Wildman–Crippen MR) is 98.5 cm³/mol. The Balaban J connectivity index is 2.01. The van der Waals surface area contributed by atoms with Gasteiger partial charge in [0.25, 0.3) is 5.91 Å². The van der Waals surface area contributed by atoms with E-state index < -0.39 is 15.7 Å². The van der Waals surface area contributed by atoms with Gasteiger partial charge in [-0.05, 0) is 49.7 Å². The van der Waals surface area contributed by atoms with Crippen LogP contribution in [0.15, 0.2) is 41.4 Å². The Morgan fingerprint density at radius 2 is 1.96 bits per heavy atom. The van der Waals surface area contributed by atoms with E-state index in [-0.39, 0.29) is 22.1 Å². The van der Waals surface area contributed by atoms with Crippen LogP contribution in [0.1, 0.15) is 28.7 Å². The summed E-state index contributed by atoms with van der Waals surface area (Å²) < 4.78 is 25.7. The van der Waals surface area contributed by atoms with Crippen LogP contribution in [0.2, 0.25) is 0 Å². The van der Waals surface area contributed by atoms with Gasteiger partial charge in [-0.2, -0.15) is 0 Å². The van der Waals surface area contributed by atoms with E-state index in [0.717, 1.165) is 5.56 Å². The molecular weight excluding hydrogens is 354 g/mol. The van der Waals surface area contributed by atoms with E-state index in [9.17, 15) is 18.3 Å². The number of aromatic nitrogens is 2. The van der Waals surface area contributed by atoms with Crippen LogP contribution in [0.5, 0.6) is 5.75 Å². The highest BCUT2D eigenvalue weighted by atomic mass is 32.2. The number of hydrogen-bond donors (Lipinski definition) is 2. The Morgan fingerprint density at radius 1 is 1.23 bits per heavy atom. The number of anilines is 1. The highest BCUT2D eigenvalue weighted by Gasteiger charge is 2.20. The van der Waals surface area contributed by atoms with Crippen molar-refractivity contribution in [1.29, 1.82) is 0 Å². The molecule has 0 bridgehead atoms. The molecule has 0 saturated carbocycles. The molecule has 136 valence electrons. The van der Waals surface area contributed by atoms with Gasteiger partial charge in [0, 0.05) is 6.20 Å². The van der Waals surface area contributed by atoms with Gasteiger partial charge in [0.05, 0.1) is 22.0 Å². The van der Waals surface area contributed by atoms with E-state index in [1.165, 1.54) is 25.1 Å². The van der Waals surface area contributed by atoms with Gasteiger partial charge in [-0.3, -0.25) is 9.20 Å². The molecule has 0 aliphatic rings. The number of phenols is 1. The van der Waals surface area contributed by atoms with Gasteiger partial charge >= 0.3 is 0 Å². The Bertz CT molecular complexity index is 1120. The van der Waals surface area contributed by atoms with Crippen molar-refractivity contribution in [2.45, 2.75) is 25.7 Å². The summed E-state index contributed by atoms with van der Waals surface area (Å²) in [5, 5.41) is 12.6. The van der Waals surface area contributed by atoms with E-state index in [1.54, 1.807) is 17.5 Å². The molecule has 2 aromatic heterocycles. The molecule has 1 aromatic carbocycles. The second kappa shape index (κ2) is 6.45. The standard InChI is InChI=1S/C18H19N3O4S/c1-4-26(24,25)13-5-6-15(22)14(10-13)20-18(23)17-12(3)19-16-9-11(2)7-8-21(16)17/h5-10,22H,4H2,1-3H3,(H,20,23). The second-order valence-electron chi connectivity index (χ2n) is 6.01. The zero-order valence-electron chi connectivity index (χ0n) is 14.6. The summed E-state index contributed by atoms with van der Waals surface area (Å²) in [6.45, 7) is 5.18. The number of hydrogen-bond acceptors (Lipinski definition) is 5. The lowest BCUT2D eigenvalue weighted by atomic mass is 10.2. The Morgan fingerprint density at radius 3 is 2.65 bits per heavy atom. The highest BCUT2D eigenvalue weighted by molar-refractivity contribution is 7.91. The molecule has 0 radical (unpaired) electrons. The first-order chi connectivity index (χ1) is 12.2. The maximum atomic E-state index is 12.7. The van der Waals surface area contributed by atoms with Gasteiger partial charge in [0.1, 0.15) is 17.1 Å². The third-order valence-electron chi connectivity index (χ3n) is 4.13. The highest BCUT2D eigenvalue weighted by Crippen LogP contribution is 2.28. The molecule has 0 spiro atoms. The van der Waals surface area contributed by atoms with E-state index in [4.69, 9.17) is 0 Å². The monoisotopic (exact) mass is 373 g/mol. The third kappa shape index (κ3) is 3.15. The lowest BCUT2D eigenvalue weighted by Gasteiger charge is -2.10. The van der Waals surface area contributed by atoms with E-state index in [1.807, 2.05) is 19.1 Å². The zero-order chi connectivity index (χ0) is 19.1. The van der Waals surface area contributed by atoms with Crippen molar-refractivity contribution in [2.24, 2.45) is 0 Å². The summed E-state index contributed by atoms with van der Waals surface area (Å²) >= 11 is 0. The first-order valence-corrected chi connectivity index (χ1v) is 9.70. The molecule has 2 N–H and O–H groups in total. The number of carbonyl (C=O) groups is 1. The number of nitrogens with zero attached hydrogens (tertiary/aromatic N) is 2. The van der Waals surface area contributed by atoms with E-state index in [2.05, 4.69) is 10.3 Å². The van der Waals surface area contributed by atoms with Crippen LogP contribution < -0.4 is 5.32 Å². The number of benzene rings is 1. The van der Waals surface area contributed by atoms with Crippen molar-refractivity contribution in [1.82, 2.24) is 9.38 Å². The number of phenolic OH excluding ortho intramolecular Hbond substituents is 1. The Kier molecular flexibility index (Phi) is 4.45.